The Morgan fingerprint density at radius 3 is 2.94 bits per heavy atom. The summed E-state index contributed by atoms with van der Waals surface area (Å²) in [4.78, 5) is 16.5. The maximum Gasteiger partial charge on any atom is 0.252 e. The summed E-state index contributed by atoms with van der Waals surface area (Å²) in [5.41, 5.74) is 0.614. The predicted octanol–water partition coefficient (Wildman–Crippen LogP) is 1.99. The number of aryl methyl sites for hydroxylation is 1. The van der Waals surface area contributed by atoms with Crippen molar-refractivity contribution >= 4 is 18.5 Å². The van der Waals surface area contributed by atoms with Crippen molar-refractivity contribution < 1.29 is 4.79 Å². The van der Waals surface area contributed by atoms with Gasteiger partial charge in [-0.25, -0.2) is 4.98 Å². The third kappa shape index (κ3) is 3.37. The highest BCUT2D eigenvalue weighted by Gasteiger charge is 2.07. The van der Waals surface area contributed by atoms with Crippen LogP contribution in [0.1, 0.15) is 16.8 Å². The van der Waals surface area contributed by atoms with Gasteiger partial charge in [0, 0.05) is 30.4 Å². The number of rotatable bonds is 5. The molecule has 0 aliphatic rings. The van der Waals surface area contributed by atoms with Gasteiger partial charge in [0.05, 0.1) is 11.9 Å². The molecule has 1 heterocycles. The standard InChI is InChI=1S/C13H15N3OS/c17-13(11-4-1-2-5-12(11)18)15-6-3-8-16-9-7-14-10-16/h1-2,4-5,7,9-10,18H,3,6,8H2,(H,15,17). The van der Waals surface area contributed by atoms with E-state index in [9.17, 15) is 4.79 Å². The zero-order chi connectivity index (χ0) is 12.8. The summed E-state index contributed by atoms with van der Waals surface area (Å²) >= 11 is 4.26. The Bertz CT molecular complexity index is 511. The van der Waals surface area contributed by atoms with Crippen molar-refractivity contribution in [2.24, 2.45) is 0 Å². The monoisotopic (exact) mass is 261 g/mol. The van der Waals surface area contributed by atoms with Gasteiger partial charge in [-0.15, -0.1) is 12.6 Å². The molecule has 0 bridgehead atoms. The van der Waals surface area contributed by atoms with E-state index in [1.54, 1.807) is 18.6 Å². The second-order valence-electron chi connectivity index (χ2n) is 3.93. The number of nitrogens with zero attached hydrogens (tertiary/aromatic N) is 2. The number of carbonyl (C=O) groups is 1. The first-order chi connectivity index (χ1) is 8.77. The first-order valence-electron chi connectivity index (χ1n) is 5.79. The molecular weight excluding hydrogens is 246 g/mol. The largest absolute Gasteiger partial charge is 0.352 e. The van der Waals surface area contributed by atoms with Gasteiger partial charge < -0.3 is 9.88 Å². The second-order valence-corrected chi connectivity index (χ2v) is 4.41. The molecule has 0 saturated carbocycles. The number of imidazole rings is 1. The van der Waals surface area contributed by atoms with E-state index in [1.807, 2.05) is 29.0 Å². The van der Waals surface area contributed by atoms with Crippen LogP contribution in [0.5, 0.6) is 0 Å². The molecule has 1 N–H and O–H groups in total. The highest BCUT2D eigenvalue weighted by atomic mass is 32.1. The highest BCUT2D eigenvalue weighted by molar-refractivity contribution is 7.80. The molecule has 1 amide bonds. The Hall–Kier alpha value is -1.75. The lowest BCUT2D eigenvalue weighted by atomic mass is 10.2. The molecule has 4 nitrogen and oxygen atoms in total. The summed E-state index contributed by atoms with van der Waals surface area (Å²) in [5.74, 6) is -0.0776. The number of benzene rings is 1. The van der Waals surface area contributed by atoms with Gasteiger partial charge in [0.25, 0.3) is 5.91 Å². The van der Waals surface area contributed by atoms with Crippen LogP contribution in [0.3, 0.4) is 0 Å². The molecular formula is C13H15N3OS. The molecule has 0 unspecified atom stereocenters. The van der Waals surface area contributed by atoms with Crippen molar-refractivity contribution in [1.82, 2.24) is 14.9 Å². The van der Waals surface area contributed by atoms with Crippen LogP contribution in [0.4, 0.5) is 0 Å². The van der Waals surface area contributed by atoms with Crippen molar-refractivity contribution in [2.75, 3.05) is 6.54 Å². The number of hydrogen-bond acceptors (Lipinski definition) is 3. The Kier molecular flexibility index (Phi) is 4.41. The molecule has 94 valence electrons. The molecule has 0 aliphatic heterocycles. The minimum absolute atomic E-state index is 0.0776. The van der Waals surface area contributed by atoms with Crippen molar-refractivity contribution in [3.05, 3.63) is 48.5 Å². The minimum Gasteiger partial charge on any atom is -0.352 e. The van der Waals surface area contributed by atoms with Crippen molar-refractivity contribution in [3.8, 4) is 0 Å². The van der Waals surface area contributed by atoms with Gasteiger partial charge in [-0.2, -0.15) is 0 Å². The first kappa shape index (κ1) is 12.7. The molecule has 5 heteroatoms. The number of nitrogens with one attached hydrogen (secondary N) is 1. The number of hydrogen-bond donors (Lipinski definition) is 2. The molecule has 0 radical (unpaired) electrons. The molecule has 2 aromatic rings. The van der Waals surface area contributed by atoms with Crippen molar-refractivity contribution in [1.29, 1.82) is 0 Å². The maximum atomic E-state index is 11.8. The van der Waals surface area contributed by atoms with Gasteiger partial charge in [-0.3, -0.25) is 4.79 Å². The van der Waals surface area contributed by atoms with Crippen LogP contribution >= 0.6 is 12.6 Å². The third-order valence-corrected chi connectivity index (χ3v) is 2.98. The van der Waals surface area contributed by atoms with Crippen LogP contribution in [0.2, 0.25) is 0 Å². The van der Waals surface area contributed by atoms with E-state index < -0.39 is 0 Å². The van der Waals surface area contributed by atoms with E-state index in [2.05, 4.69) is 22.9 Å². The van der Waals surface area contributed by atoms with Crippen LogP contribution in [-0.2, 0) is 6.54 Å². The average molecular weight is 261 g/mol. The van der Waals surface area contributed by atoms with E-state index in [4.69, 9.17) is 0 Å². The Morgan fingerprint density at radius 1 is 1.39 bits per heavy atom. The molecule has 0 fully saturated rings. The van der Waals surface area contributed by atoms with E-state index in [-0.39, 0.29) is 5.91 Å². The summed E-state index contributed by atoms with van der Waals surface area (Å²) in [6.45, 7) is 1.49. The van der Waals surface area contributed by atoms with Gasteiger partial charge in [-0.1, -0.05) is 12.1 Å². The lowest BCUT2D eigenvalue weighted by molar-refractivity contribution is 0.0950. The van der Waals surface area contributed by atoms with E-state index in [1.165, 1.54) is 0 Å². The van der Waals surface area contributed by atoms with Crippen LogP contribution in [0.25, 0.3) is 0 Å². The average Bonchev–Trinajstić information content (AvgIpc) is 2.88. The third-order valence-electron chi connectivity index (χ3n) is 2.59. The molecule has 1 aromatic carbocycles. The summed E-state index contributed by atoms with van der Waals surface area (Å²) < 4.78 is 1.98. The minimum atomic E-state index is -0.0776. The molecule has 0 atom stereocenters. The number of carbonyl (C=O) groups excluding carboxylic acids is 1. The van der Waals surface area contributed by atoms with Crippen LogP contribution in [-0.4, -0.2) is 22.0 Å². The zero-order valence-electron chi connectivity index (χ0n) is 9.91. The number of thiol groups is 1. The topological polar surface area (TPSA) is 46.9 Å². The lowest BCUT2D eigenvalue weighted by Crippen LogP contribution is -2.25. The second kappa shape index (κ2) is 6.26. The number of amides is 1. The molecule has 0 saturated heterocycles. The Labute approximate surface area is 111 Å². The predicted molar refractivity (Wildman–Crippen MR) is 72.9 cm³/mol. The summed E-state index contributed by atoms with van der Waals surface area (Å²) in [6.07, 6.45) is 6.29. The van der Waals surface area contributed by atoms with Gasteiger partial charge in [0.1, 0.15) is 0 Å². The van der Waals surface area contributed by atoms with Crippen molar-refractivity contribution in [3.63, 3.8) is 0 Å². The fraction of sp³-hybridized carbons (Fsp3) is 0.231. The maximum absolute atomic E-state index is 11.8. The van der Waals surface area contributed by atoms with Gasteiger partial charge in [0.15, 0.2) is 0 Å². The SMILES string of the molecule is O=C(NCCCn1ccnc1)c1ccccc1S. The highest BCUT2D eigenvalue weighted by Crippen LogP contribution is 2.12. The summed E-state index contributed by atoms with van der Waals surface area (Å²) in [6, 6.07) is 7.27. The number of aromatic nitrogens is 2. The summed E-state index contributed by atoms with van der Waals surface area (Å²) in [5, 5.41) is 2.88. The Balaban J connectivity index is 1.77. The van der Waals surface area contributed by atoms with Crippen LogP contribution in [0.15, 0.2) is 47.9 Å². The van der Waals surface area contributed by atoms with Crippen LogP contribution in [0, 0.1) is 0 Å². The van der Waals surface area contributed by atoms with Gasteiger partial charge >= 0.3 is 0 Å². The Morgan fingerprint density at radius 2 is 2.22 bits per heavy atom. The first-order valence-corrected chi connectivity index (χ1v) is 6.24. The summed E-state index contributed by atoms with van der Waals surface area (Å²) in [7, 11) is 0. The van der Waals surface area contributed by atoms with Gasteiger partial charge in [0.2, 0.25) is 0 Å². The fourth-order valence-corrected chi connectivity index (χ4v) is 1.91. The van der Waals surface area contributed by atoms with E-state index in [0.717, 1.165) is 13.0 Å². The van der Waals surface area contributed by atoms with E-state index in [0.29, 0.717) is 17.0 Å². The van der Waals surface area contributed by atoms with E-state index >= 15 is 0 Å². The lowest BCUT2D eigenvalue weighted by Gasteiger charge is -2.07. The molecule has 0 spiro atoms. The molecule has 18 heavy (non-hydrogen) atoms. The van der Waals surface area contributed by atoms with Crippen molar-refractivity contribution in [2.45, 2.75) is 17.9 Å². The molecule has 2 rings (SSSR count). The zero-order valence-corrected chi connectivity index (χ0v) is 10.8. The smallest absolute Gasteiger partial charge is 0.252 e. The van der Waals surface area contributed by atoms with Crippen LogP contribution < -0.4 is 5.32 Å². The quantitative estimate of drug-likeness (QED) is 0.639. The normalized spacial score (nSPS) is 10.3. The fourth-order valence-electron chi connectivity index (χ4n) is 1.64. The molecule has 1 aromatic heterocycles. The molecule has 0 aliphatic carbocycles. The van der Waals surface area contributed by atoms with Gasteiger partial charge in [-0.05, 0) is 18.6 Å².